The Morgan fingerprint density at radius 2 is 1.17 bits per heavy atom. The summed E-state index contributed by atoms with van der Waals surface area (Å²) in [6.45, 7) is 1.41. The first-order valence-electron chi connectivity index (χ1n) is 11.4. The summed E-state index contributed by atoms with van der Waals surface area (Å²) in [5.74, 6) is 0. The number of unbranched alkanes of at least 4 members (excludes halogenated alkanes) is 15. The van der Waals surface area contributed by atoms with E-state index in [0.29, 0.717) is 6.42 Å². The van der Waals surface area contributed by atoms with Crippen LogP contribution in [0.25, 0.3) is 0 Å². The largest absolute Gasteiger partial charge is 0.457 e. The van der Waals surface area contributed by atoms with Crippen LogP contribution in [0.4, 0.5) is 4.79 Å². The van der Waals surface area contributed by atoms with Gasteiger partial charge < -0.3 is 19.8 Å². The molecule has 0 aliphatic rings. The topological polar surface area (TPSA) is 113 Å². The van der Waals surface area contributed by atoms with Crippen LogP contribution in [0.1, 0.15) is 110 Å². The van der Waals surface area contributed by atoms with Crippen LogP contribution in [0.5, 0.6) is 0 Å². The van der Waals surface area contributed by atoms with Gasteiger partial charge in [-0.05, 0) is 6.42 Å². The highest BCUT2D eigenvalue weighted by molar-refractivity contribution is 7.70. The molecular weight excluding hydrogens is 395 g/mol. The number of aliphatic hydroxyl groups excluding tert-OH is 2. The fourth-order valence-electron chi connectivity index (χ4n) is 3.13. The molecule has 0 aliphatic carbocycles. The molecule has 2 unspecified atom stereocenters. The van der Waals surface area contributed by atoms with Gasteiger partial charge in [0.2, 0.25) is 0 Å². The number of hydrogen-bond acceptors (Lipinski definition) is 6. The highest BCUT2D eigenvalue weighted by Gasteiger charge is 2.35. The van der Waals surface area contributed by atoms with Crippen LogP contribution in [0.15, 0.2) is 0 Å². The highest BCUT2D eigenvalue weighted by atomic mass is 31.2. The molecule has 0 radical (unpaired) electrons. The van der Waals surface area contributed by atoms with Gasteiger partial charge in [-0.2, -0.15) is 0 Å². The molecular formula is C21H43O7P. The summed E-state index contributed by atoms with van der Waals surface area (Å²) in [5, 5.41) is 17.5. The molecule has 3 N–H and O–H groups in total. The number of ether oxygens (including phenoxy) is 1. The zero-order valence-corrected chi connectivity index (χ0v) is 19.1. The molecule has 0 aromatic heterocycles. The summed E-state index contributed by atoms with van der Waals surface area (Å²) >= 11 is 0. The summed E-state index contributed by atoms with van der Waals surface area (Å²) in [7, 11) is -4.72. The predicted octanol–water partition coefficient (Wildman–Crippen LogP) is 5.90. The lowest BCUT2D eigenvalue weighted by Gasteiger charge is -2.14. The number of aliphatic hydroxyl groups is 2. The molecule has 0 heterocycles. The van der Waals surface area contributed by atoms with Crippen molar-refractivity contribution in [1.29, 1.82) is 0 Å². The molecule has 0 spiro atoms. The molecule has 0 aliphatic heterocycles. The Balaban J connectivity index is 3.35. The second-order valence-electron chi connectivity index (χ2n) is 7.68. The normalized spacial score (nSPS) is 14.5. The molecule has 0 aromatic carbocycles. The van der Waals surface area contributed by atoms with E-state index < -0.39 is 26.2 Å². The van der Waals surface area contributed by atoms with Gasteiger partial charge in [-0.15, -0.1) is 0 Å². The van der Waals surface area contributed by atoms with E-state index in [9.17, 15) is 14.3 Å². The summed E-state index contributed by atoms with van der Waals surface area (Å²) in [6.07, 6.45) is 17.9. The van der Waals surface area contributed by atoms with Gasteiger partial charge in [-0.25, -0.2) is 9.36 Å². The van der Waals surface area contributed by atoms with Crippen LogP contribution >= 0.6 is 7.60 Å². The van der Waals surface area contributed by atoms with E-state index in [0.717, 1.165) is 19.3 Å². The molecule has 0 bridgehead atoms. The minimum absolute atomic E-state index is 0.0421. The van der Waals surface area contributed by atoms with E-state index in [2.05, 4.69) is 11.4 Å². The van der Waals surface area contributed by atoms with E-state index in [1.54, 1.807) is 0 Å². The Kier molecular flexibility index (Phi) is 19.2. The molecule has 0 fully saturated rings. The average molecular weight is 439 g/mol. The number of carbonyl (C=O) groups excluding carboxylic acids is 1. The minimum Gasteiger partial charge on any atom is -0.457 e. The third-order valence-electron chi connectivity index (χ3n) is 4.87. The van der Waals surface area contributed by atoms with E-state index in [1.807, 2.05) is 0 Å². The third-order valence-corrected chi connectivity index (χ3v) is 5.99. The van der Waals surface area contributed by atoms with Crippen molar-refractivity contribution >= 4 is 13.3 Å². The fraction of sp³-hybridized carbons (Fsp3) is 0.952. The Morgan fingerprint density at radius 1 is 0.793 bits per heavy atom. The van der Waals surface area contributed by atoms with Crippen molar-refractivity contribution in [2.24, 2.45) is 0 Å². The van der Waals surface area contributed by atoms with Crippen molar-refractivity contribution in [3.8, 4) is 0 Å². The Bertz CT molecular complexity index is 431. The van der Waals surface area contributed by atoms with Gasteiger partial charge in [-0.1, -0.05) is 103 Å². The summed E-state index contributed by atoms with van der Waals surface area (Å²) in [6, 6.07) is 0. The van der Waals surface area contributed by atoms with Crippen LogP contribution < -0.4 is 0 Å². The molecule has 0 saturated heterocycles. The first-order valence-corrected chi connectivity index (χ1v) is 13.0. The third kappa shape index (κ3) is 18.1. The lowest BCUT2D eigenvalue weighted by atomic mass is 10.0. The second kappa shape index (κ2) is 19.5. The van der Waals surface area contributed by atoms with Crippen LogP contribution in [0.3, 0.4) is 0 Å². The minimum atomic E-state index is -4.72. The predicted molar refractivity (Wildman–Crippen MR) is 115 cm³/mol. The van der Waals surface area contributed by atoms with Crippen molar-refractivity contribution in [1.82, 2.24) is 0 Å². The lowest BCUT2D eigenvalue weighted by molar-refractivity contribution is -0.0598. The molecule has 8 heteroatoms. The van der Waals surface area contributed by atoms with Crippen LogP contribution in [0, 0.1) is 0 Å². The molecule has 0 rings (SSSR count). The van der Waals surface area contributed by atoms with Gasteiger partial charge >= 0.3 is 13.3 Å². The SMILES string of the molecule is CCCCCCCCCCCCCCCCCCOC(=O)P(=O)(O)OC(O)CO. The Morgan fingerprint density at radius 3 is 1.55 bits per heavy atom. The van der Waals surface area contributed by atoms with Crippen molar-refractivity contribution in [2.75, 3.05) is 13.2 Å². The monoisotopic (exact) mass is 438 g/mol. The maximum atomic E-state index is 11.5. The molecule has 29 heavy (non-hydrogen) atoms. The van der Waals surface area contributed by atoms with Gasteiger partial charge in [0.15, 0.2) is 6.29 Å². The zero-order chi connectivity index (χ0) is 21.8. The number of hydrogen-bond donors (Lipinski definition) is 3. The molecule has 0 saturated carbocycles. The number of rotatable bonds is 21. The Labute approximate surface area is 176 Å². The average Bonchev–Trinajstić information content (AvgIpc) is 2.69. The number of carbonyl (C=O) groups is 1. The van der Waals surface area contributed by atoms with Crippen molar-refractivity contribution in [2.45, 2.75) is 116 Å². The van der Waals surface area contributed by atoms with Gasteiger partial charge in [0.05, 0.1) is 13.2 Å². The maximum absolute atomic E-state index is 11.5. The van der Waals surface area contributed by atoms with Gasteiger partial charge in [-0.3, -0.25) is 4.52 Å². The standard InChI is InChI=1S/C21H43O7P/c1-2-3-4-5-6-7-8-9-10-11-12-13-14-15-16-17-18-27-21(24)29(25,26)28-20(23)19-22/h20,22-23H,2-19H2,1H3,(H,25,26). The van der Waals surface area contributed by atoms with E-state index >= 15 is 0 Å². The van der Waals surface area contributed by atoms with Gasteiger partial charge in [0, 0.05) is 0 Å². The molecule has 7 nitrogen and oxygen atoms in total. The van der Waals surface area contributed by atoms with Crippen molar-refractivity contribution in [3.63, 3.8) is 0 Å². The first kappa shape index (κ1) is 28.5. The first-order chi connectivity index (χ1) is 13.9. The molecule has 2 atom stereocenters. The Hall–Kier alpha value is -0.460. The van der Waals surface area contributed by atoms with Gasteiger partial charge in [0.1, 0.15) is 0 Å². The summed E-state index contributed by atoms with van der Waals surface area (Å²) in [4.78, 5) is 20.7. The quantitative estimate of drug-likeness (QED) is 0.116. The lowest BCUT2D eigenvalue weighted by Crippen LogP contribution is -2.18. The molecule has 0 aromatic rings. The summed E-state index contributed by atoms with van der Waals surface area (Å²) in [5.41, 5.74) is -1.40. The van der Waals surface area contributed by atoms with Crippen LogP contribution in [0.2, 0.25) is 0 Å². The van der Waals surface area contributed by atoms with Crippen LogP contribution in [-0.2, 0) is 13.8 Å². The van der Waals surface area contributed by atoms with E-state index in [1.165, 1.54) is 77.0 Å². The van der Waals surface area contributed by atoms with E-state index in [4.69, 9.17) is 14.9 Å². The second-order valence-corrected chi connectivity index (χ2v) is 9.30. The van der Waals surface area contributed by atoms with Crippen molar-refractivity contribution in [3.05, 3.63) is 0 Å². The molecule has 174 valence electrons. The zero-order valence-electron chi connectivity index (χ0n) is 18.2. The fourth-order valence-corrected chi connectivity index (χ4v) is 3.87. The van der Waals surface area contributed by atoms with Crippen LogP contribution in [-0.4, -0.2) is 40.3 Å². The smallest absolute Gasteiger partial charge is 0.438 e. The summed E-state index contributed by atoms with van der Waals surface area (Å²) < 4.78 is 20.3. The van der Waals surface area contributed by atoms with E-state index in [-0.39, 0.29) is 6.61 Å². The highest BCUT2D eigenvalue weighted by Crippen LogP contribution is 2.45. The van der Waals surface area contributed by atoms with Gasteiger partial charge in [0.25, 0.3) is 0 Å². The molecule has 0 amide bonds. The maximum Gasteiger partial charge on any atom is 0.438 e. The van der Waals surface area contributed by atoms with Crippen molar-refractivity contribution < 1.29 is 33.7 Å².